The summed E-state index contributed by atoms with van der Waals surface area (Å²) in [5, 5.41) is 5.77. The summed E-state index contributed by atoms with van der Waals surface area (Å²) in [7, 11) is 0. The van der Waals surface area contributed by atoms with Crippen molar-refractivity contribution in [1.82, 2.24) is 10.1 Å². The number of aryl methyl sites for hydroxylation is 1. The number of nitrogens with one attached hydrogen (secondary N) is 1. The Kier molecular flexibility index (Phi) is 2.17. The van der Waals surface area contributed by atoms with E-state index in [1.807, 2.05) is 0 Å². The molecule has 1 amide bonds. The number of aromatic nitrogens is 2. The lowest BCUT2D eigenvalue weighted by Gasteiger charge is -1.92. The summed E-state index contributed by atoms with van der Waals surface area (Å²) in [4.78, 5) is 14.4. The molecular weight excluding hydrogens is 148 g/mol. The molecule has 0 aromatic carbocycles. The number of carbonyl (C=O) groups excluding carboxylic acids is 1. The van der Waals surface area contributed by atoms with E-state index in [9.17, 15) is 4.79 Å². The smallest absolute Gasteiger partial charge is 0.322 e. The molecule has 0 unspecified atom stereocenters. The molecule has 0 radical (unpaired) electrons. The maximum atomic E-state index is 10.6. The molecule has 1 aromatic rings. The molecule has 1 rings (SSSR count). The Balaban J connectivity index is 2.57. The van der Waals surface area contributed by atoms with Crippen molar-refractivity contribution in [2.45, 2.75) is 6.92 Å². The van der Waals surface area contributed by atoms with E-state index in [1.165, 1.54) is 0 Å². The molecule has 1 aromatic heterocycles. The fourth-order valence-corrected chi connectivity index (χ4v) is 0.518. The van der Waals surface area contributed by atoms with Crippen LogP contribution >= 0.6 is 0 Å². The van der Waals surface area contributed by atoms with Gasteiger partial charge < -0.3 is 10.3 Å². The van der Waals surface area contributed by atoms with Gasteiger partial charge >= 0.3 is 6.01 Å². The monoisotopic (exact) mass is 156 g/mol. The van der Waals surface area contributed by atoms with Crippen LogP contribution in [0.25, 0.3) is 0 Å². The van der Waals surface area contributed by atoms with Gasteiger partial charge in [0.2, 0.25) is 5.91 Å². The van der Waals surface area contributed by atoms with Crippen LogP contribution in [0.3, 0.4) is 0 Å². The number of nitrogens with zero attached hydrogens (tertiary/aromatic N) is 2. The minimum atomic E-state index is -0.353. The first-order valence-corrected chi connectivity index (χ1v) is 3.02. The molecule has 0 atom stereocenters. The standard InChI is InChI=1S/C5H8N4O2/c1-3-7-5(11-9-3)8-4(10)2-6/h2,6H2,1H3,(H,7,8,9,10). The number of anilines is 1. The van der Waals surface area contributed by atoms with Crippen LogP contribution in [0.15, 0.2) is 4.52 Å². The van der Waals surface area contributed by atoms with Gasteiger partial charge in [0.25, 0.3) is 0 Å². The van der Waals surface area contributed by atoms with Crippen molar-refractivity contribution < 1.29 is 9.32 Å². The summed E-state index contributed by atoms with van der Waals surface area (Å²) in [6.07, 6.45) is 0. The van der Waals surface area contributed by atoms with E-state index in [4.69, 9.17) is 5.73 Å². The van der Waals surface area contributed by atoms with Crippen molar-refractivity contribution in [3.8, 4) is 0 Å². The van der Waals surface area contributed by atoms with Gasteiger partial charge in [0.1, 0.15) is 0 Å². The largest absolute Gasteiger partial charge is 0.328 e. The zero-order valence-corrected chi connectivity index (χ0v) is 6.00. The van der Waals surface area contributed by atoms with E-state index in [0.29, 0.717) is 5.82 Å². The molecule has 0 saturated carbocycles. The highest BCUT2D eigenvalue weighted by Gasteiger charge is 2.04. The SMILES string of the molecule is Cc1noc(NC(=O)CN)n1. The molecule has 3 N–H and O–H groups in total. The maximum absolute atomic E-state index is 10.6. The van der Waals surface area contributed by atoms with Crippen molar-refractivity contribution in [3.05, 3.63) is 5.82 Å². The predicted octanol–water partition coefficient (Wildman–Crippen LogP) is -0.725. The maximum Gasteiger partial charge on any atom is 0.328 e. The first-order chi connectivity index (χ1) is 5.22. The second-order valence-corrected chi connectivity index (χ2v) is 1.90. The van der Waals surface area contributed by atoms with Gasteiger partial charge in [-0.25, -0.2) is 0 Å². The van der Waals surface area contributed by atoms with Gasteiger partial charge in [-0.3, -0.25) is 10.1 Å². The molecule has 6 nitrogen and oxygen atoms in total. The first kappa shape index (κ1) is 7.67. The van der Waals surface area contributed by atoms with E-state index in [2.05, 4.69) is 20.0 Å². The van der Waals surface area contributed by atoms with Gasteiger partial charge in [-0.2, -0.15) is 4.98 Å². The highest BCUT2D eigenvalue weighted by atomic mass is 16.5. The van der Waals surface area contributed by atoms with Crippen molar-refractivity contribution in [3.63, 3.8) is 0 Å². The summed E-state index contributed by atoms with van der Waals surface area (Å²) < 4.78 is 4.59. The van der Waals surface area contributed by atoms with E-state index in [1.54, 1.807) is 6.92 Å². The number of hydrogen-bond acceptors (Lipinski definition) is 5. The minimum Gasteiger partial charge on any atom is -0.322 e. The Morgan fingerprint density at radius 1 is 1.82 bits per heavy atom. The Morgan fingerprint density at radius 2 is 2.55 bits per heavy atom. The number of nitrogens with two attached hydrogens (primary N) is 1. The summed E-state index contributed by atoms with van der Waals surface area (Å²) in [6.45, 7) is 1.56. The highest BCUT2D eigenvalue weighted by Crippen LogP contribution is 2.00. The first-order valence-electron chi connectivity index (χ1n) is 3.02. The van der Waals surface area contributed by atoms with Crippen LogP contribution in [0, 0.1) is 6.92 Å². The van der Waals surface area contributed by atoms with Gasteiger partial charge in [0.05, 0.1) is 6.54 Å². The van der Waals surface area contributed by atoms with Crippen LogP contribution in [0.5, 0.6) is 0 Å². The van der Waals surface area contributed by atoms with E-state index < -0.39 is 0 Å². The lowest BCUT2D eigenvalue weighted by molar-refractivity contribution is -0.115. The van der Waals surface area contributed by atoms with Gasteiger partial charge in [0.15, 0.2) is 5.82 Å². The van der Waals surface area contributed by atoms with Crippen molar-refractivity contribution in [2.24, 2.45) is 5.73 Å². The number of carbonyl (C=O) groups is 1. The Morgan fingerprint density at radius 3 is 3.00 bits per heavy atom. The fraction of sp³-hybridized carbons (Fsp3) is 0.400. The van der Waals surface area contributed by atoms with Crippen LogP contribution in [-0.4, -0.2) is 22.6 Å². The quantitative estimate of drug-likeness (QED) is 0.589. The third kappa shape index (κ3) is 2.01. The van der Waals surface area contributed by atoms with Gasteiger partial charge in [-0.05, 0) is 6.92 Å². The summed E-state index contributed by atoms with van der Waals surface area (Å²) >= 11 is 0. The van der Waals surface area contributed by atoms with E-state index >= 15 is 0 Å². The second-order valence-electron chi connectivity index (χ2n) is 1.90. The van der Waals surface area contributed by atoms with E-state index in [0.717, 1.165) is 0 Å². The molecule has 11 heavy (non-hydrogen) atoms. The van der Waals surface area contributed by atoms with Crippen LogP contribution < -0.4 is 11.1 Å². The average Bonchev–Trinajstić information content (AvgIpc) is 2.35. The summed E-state index contributed by atoms with van der Waals surface area (Å²) in [6, 6.07) is 0.0814. The molecular formula is C5H8N4O2. The summed E-state index contributed by atoms with van der Waals surface area (Å²) in [5.41, 5.74) is 5.02. The molecule has 0 bridgehead atoms. The molecule has 0 aliphatic heterocycles. The summed E-state index contributed by atoms with van der Waals surface area (Å²) in [5.74, 6) is 0.117. The van der Waals surface area contributed by atoms with E-state index in [-0.39, 0.29) is 18.5 Å². The lowest BCUT2D eigenvalue weighted by Crippen LogP contribution is -2.21. The molecule has 0 fully saturated rings. The van der Waals surface area contributed by atoms with Crippen molar-refractivity contribution in [2.75, 3.05) is 11.9 Å². The van der Waals surface area contributed by atoms with Gasteiger partial charge in [-0.1, -0.05) is 5.16 Å². The average molecular weight is 156 g/mol. The van der Waals surface area contributed by atoms with Crippen LogP contribution in [0.1, 0.15) is 5.82 Å². The van der Waals surface area contributed by atoms with Crippen LogP contribution in [0.2, 0.25) is 0 Å². The topological polar surface area (TPSA) is 94.0 Å². The predicted molar refractivity (Wildman–Crippen MR) is 36.7 cm³/mol. The number of rotatable bonds is 2. The Hall–Kier alpha value is -1.43. The van der Waals surface area contributed by atoms with Crippen molar-refractivity contribution >= 4 is 11.9 Å². The molecule has 1 heterocycles. The number of amides is 1. The van der Waals surface area contributed by atoms with Crippen LogP contribution in [-0.2, 0) is 4.79 Å². The third-order valence-corrected chi connectivity index (χ3v) is 0.959. The Bertz CT molecular complexity index is 257. The normalized spacial score (nSPS) is 9.64. The molecule has 0 aliphatic rings. The van der Waals surface area contributed by atoms with Crippen LogP contribution in [0.4, 0.5) is 6.01 Å². The molecule has 0 saturated heterocycles. The fourth-order valence-electron chi connectivity index (χ4n) is 0.518. The Labute approximate surface area is 62.8 Å². The minimum absolute atomic E-state index is 0.0814. The second kappa shape index (κ2) is 3.11. The zero-order valence-electron chi connectivity index (χ0n) is 6.00. The lowest BCUT2D eigenvalue weighted by atomic mass is 10.6. The number of hydrogen-bond donors (Lipinski definition) is 2. The van der Waals surface area contributed by atoms with Gasteiger partial charge in [-0.15, -0.1) is 0 Å². The molecule has 0 spiro atoms. The van der Waals surface area contributed by atoms with Gasteiger partial charge in [0, 0.05) is 0 Å². The zero-order chi connectivity index (χ0) is 8.27. The highest BCUT2D eigenvalue weighted by molar-refractivity contribution is 5.89. The molecule has 60 valence electrons. The molecule has 6 heteroatoms. The van der Waals surface area contributed by atoms with Crippen molar-refractivity contribution in [1.29, 1.82) is 0 Å². The third-order valence-electron chi connectivity index (χ3n) is 0.959. The molecule has 0 aliphatic carbocycles.